The summed E-state index contributed by atoms with van der Waals surface area (Å²) in [6.45, 7) is 2.07. The highest BCUT2D eigenvalue weighted by molar-refractivity contribution is 8.07. The fourth-order valence-electron chi connectivity index (χ4n) is 1.80. The van der Waals surface area contributed by atoms with Gasteiger partial charge in [0.25, 0.3) is 0 Å². The molecule has 0 N–H and O–H groups in total. The van der Waals surface area contributed by atoms with E-state index in [1.807, 2.05) is 30.3 Å². The molecule has 0 spiro atoms. The number of hydrogen-bond acceptors (Lipinski definition) is 2. The van der Waals surface area contributed by atoms with Gasteiger partial charge >= 0.3 is 0 Å². The molecular formula is C16H17OS2+. The van der Waals surface area contributed by atoms with E-state index in [0.29, 0.717) is 10.8 Å². The third-order valence-electron chi connectivity index (χ3n) is 2.91. The fourth-order valence-corrected chi connectivity index (χ4v) is 3.93. The summed E-state index contributed by atoms with van der Waals surface area (Å²) in [6.07, 6.45) is 0. The number of ketones is 1. The summed E-state index contributed by atoms with van der Waals surface area (Å²) in [4.78, 5) is 13.4. The van der Waals surface area contributed by atoms with Gasteiger partial charge in [-0.1, -0.05) is 48.0 Å². The first kappa shape index (κ1) is 14.2. The van der Waals surface area contributed by atoms with Gasteiger partial charge in [0.2, 0.25) is 5.78 Å². The standard InChI is InChI=1S/C16H16OS2/c1-13-7-9-15(10-8-13)19(12-18)11-16(17)14-5-3-2-4-6-14/h2-10H,11-12H2,1H3/p+1. The van der Waals surface area contributed by atoms with Crippen molar-refractivity contribution < 1.29 is 4.79 Å². The largest absolute Gasteiger partial charge is 0.289 e. The Morgan fingerprint density at radius 1 is 1.05 bits per heavy atom. The quantitative estimate of drug-likeness (QED) is 0.504. The second-order valence-electron chi connectivity index (χ2n) is 4.37. The van der Waals surface area contributed by atoms with E-state index < -0.39 is 0 Å². The van der Waals surface area contributed by atoms with Crippen LogP contribution in [0.4, 0.5) is 0 Å². The molecule has 0 saturated heterocycles. The average molecular weight is 289 g/mol. The smallest absolute Gasteiger partial charge is 0.212 e. The van der Waals surface area contributed by atoms with Gasteiger partial charge in [0.05, 0.1) is 0 Å². The number of carbonyl (C=O) groups is 1. The fraction of sp³-hybridized carbons (Fsp3) is 0.188. The summed E-state index contributed by atoms with van der Waals surface area (Å²) < 4.78 is 0. The highest BCUT2D eigenvalue weighted by Crippen LogP contribution is 2.18. The van der Waals surface area contributed by atoms with Gasteiger partial charge in [-0.05, 0) is 19.1 Å². The van der Waals surface area contributed by atoms with Gasteiger partial charge in [-0.2, -0.15) is 0 Å². The number of benzene rings is 2. The van der Waals surface area contributed by atoms with E-state index in [1.54, 1.807) is 0 Å². The van der Waals surface area contributed by atoms with Crippen LogP contribution < -0.4 is 0 Å². The Kier molecular flexibility index (Phi) is 5.11. The number of aryl methyl sites for hydroxylation is 1. The molecule has 0 bridgehead atoms. The molecule has 2 aromatic carbocycles. The molecule has 0 aliphatic heterocycles. The first-order valence-corrected chi connectivity index (χ1v) is 8.33. The topological polar surface area (TPSA) is 17.1 Å². The molecule has 2 rings (SSSR count). The van der Waals surface area contributed by atoms with Crippen LogP contribution in [-0.4, -0.2) is 16.6 Å². The molecular weight excluding hydrogens is 272 g/mol. The minimum absolute atomic E-state index is 0.119. The van der Waals surface area contributed by atoms with Crippen LogP contribution in [0.25, 0.3) is 0 Å². The second kappa shape index (κ2) is 6.83. The van der Waals surface area contributed by atoms with Crippen LogP contribution in [0.1, 0.15) is 15.9 Å². The van der Waals surface area contributed by atoms with E-state index in [4.69, 9.17) is 0 Å². The Morgan fingerprint density at radius 3 is 2.26 bits per heavy atom. The minimum Gasteiger partial charge on any atom is -0.289 e. The number of rotatable bonds is 5. The van der Waals surface area contributed by atoms with Gasteiger partial charge in [-0.25, -0.2) is 0 Å². The normalized spacial score (nSPS) is 12.1. The number of thiol groups is 1. The zero-order valence-electron chi connectivity index (χ0n) is 10.9. The molecule has 0 amide bonds. The maximum absolute atomic E-state index is 12.2. The molecule has 3 heteroatoms. The Labute approximate surface area is 122 Å². The highest BCUT2D eigenvalue weighted by Gasteiger charge is 2.24. The van der Waals surface area contributed by atoms with Crippen LogP contribution in [0.3, 0.4) is 0 Å². The van der Waals surface area contributed by atoms with Gasteiger partial charge in [-0.15, -0.1) is 12.6 Å². The second-order valence-corrected chi connectivity index (χ2v) is 7.15. The molecule has 1 nitrogen and oxygen atoms in total. The van der Waals surface area contributed by atoms with E-state index in [1.165, 1.54) is 10.5 Å². The molecule has 2 aromatic rings. The maximum Gasteiger partial charge on any atom is 0.212 e. The zero-order chi connectivity index (χ0) is 13.7. The molecule has 0 fully saturated rings. The van der Waals surface area contributed by atoms with Crippen LogP contribution in [0, 0.1) is 6.92 Å². The van der Waals surface area contributed by atoms with Crippen molar-refractivity contribution in [2.24, 2.45) is 0 Å². The van der Waals surface area contributed by atoms with E-state index in [9.17, 15) is 4.79 Å². The molecule has 0 aliphatic rings. The number of hydrogen-bond donors (Lipinski definition) is 1. The third-order valence-corrected chi connectivity index (χ3v) is 5.71. The first-order valence-electron chi connectivity index (χ1n) is 6.14. The van der Waals surface area contributed by atoms with Crippen LogP contribution in [0.15, 0.2) is 59.5 Å². The average Bonchev–Trinajstić information content (AvgIpc) is 2.46. The Balaban J connectivity index is 2.11. The lowest BCUT2D eigenvalue weighted by molar-refractivity contribution is 0.102. The SMILES string of the molecule is Cc1ccc([S+](CS)CC(=O)c2ccccc2)cc1. The molecule has 0 saturated carbocycles. The third kappa shape index (κ3) is 3.88. The number of Topliss-reactive ketones (excluding diaryl/α,β-unsaturated/α-hetero) is 1. The van der Waals surface area contributed by atoms with E-state index >= 15 is 0 Å². The predicted molar refractivity (Wildman–Crippen MR) is 86.3 cm³/mol. The van der Waals surface area contributed by atoms with Gasteiger partial charge in [0, 0.05) is 16.5 Å². The highest BCUT2D eigenvalue weighted by atomic mass is 32.2. The van der Waals surface area contributed by atoms with Crippen molar-refractivity contribution in [3.63, 3.8) is 0 Å². The summed E-state index contributed by atoms with van der Waals surface area (Å²) in [5.41, 5.74) is 2.02. The Morgan fingerprint density at radius 2 is 1.68 bits per heavy atom. The summed E-state index contributed by atoms with van der Waals surface area (Å²) in [5, 5.41) is 0.710. The summed E-state index contributed by atoms with van der Waals surface area (Å²) in [6, 6.07) is 17.9. The molecule has 98 valence electrons. The molecule has 1 unspecified atom stereocenters. The number of carbonyl (C=O) groups excluding carboxylic acids is 1. The summed E-state index contributed by atoms with van der Waals surface area (Å²) in [7, 11) is -0.119. The monoisotopic (exact) mass is 289 g/mol. The van der Waals surface area contributed by atoms with Crippen molar-refractivity contribution in [2.45, 2.75) is 11.8 Å². The van der Waals surface area contributed by atoms with Gasteiger partial charge in [0.15, 0.2) is 15.7 Å². The molecule has 0 heterocycles. The zero-order valence-corrected chi connectivity index (χ0v) is 12.6. The molecule has 0 aromatic heterocycles. The van der Waals surface area contributed by atoms with Crippen LogP contribution >= 0.6 is 12.6 Å². The minimum atomic E-state index is -0.119. The van der Waals surface area contributed by atoms with Gasteiger partial charge in [-0.3, -0.25) is 4.79 Å². The Bertz CT molecular complexity index is 534. The maximum atomic E-state index is 12.2. The lowest BCUT2D eigenvalue weighted by atomic mass is 10.2. The molecule has 0 aliphatic carbocycles. The van der Waals surface area contributed by atoms with Crippen molar-refractivity contribution in [1.82, 2.24) is 0 Å². The van der Waals surface area contributed by atoms with Crippen molar-refractivity contribution >= 4 is 29.3 Å². The first-order chi connectivity index (χ1) is 9.20. The van der Waals surface area contributed by atoms with E-state index in [2.05, 4.69) is 43.8 Å². The lowest BCUT2D eigenvalue weighted by Gasteiger charge is -2.05. The molecule has 1 atom stereocenters. The lowest BCUT2D eigenvalue weighted by Crippen LogP contribution is -2.18. The predicted octanol–water partition coefficient (Wildman–Crippen LogP) is 3.74. The summed E-state index contributed by atoms with van der Waals surface area (Å²) in [5.74, 6) is 0.731. The van der Waals surface area contributed by atoms with Crippen LogP contribution in [0.5, 0.6) is 0 Å². The van der Waals surface area contributed by atoms with Crippen molar-refractivity contribution in [3.05, 3.63) is 65.7 Å². The van der Waals surface area contributed by atoms with Gasteiger partial charge in [0.1, 0.15) is 0 Å². The van der Waals surface area contributed by atoms with Crippen molar-refractivity contribution in [1.29, 1.82) is 0 Å². The Hall–Kier alpha value is -1.19. The van der Waals surface area contributed by atoms with Crippen LogP contribution in [0.2, 0.25) is 0 Å². The van der Waals surface area contributed by atoms with E-state index in [-0.39, 0.29) is 16.7 Å². The van der Waals surface area contributed by atoms with E-state index in [0.717, 1.165) is 5.56 Å². The van der Waals surface area contributed by atoms with Gasteiger partial charge < -0.3 is 0 Å². The molecule has 19 heavy (non-hydrogen) atoms. The molecule has 0 radical (unpaired) electrons. The van der Waals surface area contributed by atoms with Crippen LogP contribution in [-0.2, 0) is 10.9 Å². The summed E-state index contributed by atoms with van der Waals surface area (Å²) >= 11 is 4.40. The van der Waals surface area contributed by atoms with Crippen molar-refractivity contribution in [3.8, 4) is 0 Å². The van der Waals surface area contributed by atoms with Crippen molar-refractivity contribution in [2.75, 3.05) is 10.8 Å².